The Morgan fingerprint density at radius 1 is 1.19 bits per heavy atom. The molecule has 1 N–H and O–H groups in total. The minimum absolute atomic E-state index is 0.0326. The first kappa shape index (κ1) is 16.2. The van der Waals surface area contributed by atoms with Crippen molar-refractivity contribution in [2.75, 3.05) is 20.6 Å². The first-order chi connectivity index (χ1) is 9.90. The SMILES string of the molecule is Cc1ccc(S(=O)(=O)NCC(c2cccs2)N(C)C)cc1. The molecule has 0 spiro atoms. The van der Waals surface area contributed by atoms with Crippen LogP contribution in [-0.2, 0) is 10.0 Å². The fraction of sp³-hybridized carbons (Fsp3) is 0.333. The van der Waals surface area contributed by atoms with E-state index < -0.39 is 10.0 Å². The average Bonchev–Trinajstić information content (AvgIpc) is 2.93. The van der Waals surface area contributed by atoms with Crippen molar-refractivity contribution < 1.29 is 8.42 Å². The zero-order valence-corrected chi connectivity index (χ0v) is 14.0. The molecule has 4 nitrogen and oxygen atoms in total. The Bertz CT molecular complexity index is 662. The molecule has 6 heteroatoms. The van der Waals surface area contributed by atoms with Crippen LogP contribution in [0.2, 0.25) is 0 Å². The second kappa shape index (κ2) is 6.70. The smallest absolute Gasteiger partial charge is 0.240 e. The second-order valence-electron chi connectivity index (χ2n) is 5.16. The third-order valence-electron chi connectivity index (χ3n) is 3.29. The van der Waals surface area contributed by atoms with Crippen LogP contribution in [0.4, 0.5) is 0 Å². The lowest BCUT2D eigenvalue weighted by molar-refractivity contribution is 0.303. The summed E-state index contributed by atoms with van der Waals surface area (Å²) < 4.78 is 27.3. The largest absolute Gasteiger partial charge is 0.300 e. The maximum Gasteiger partial charge on any atom is 0.240 e. The Labute approximate surface area is 130 Å². The highest BCUT2D eigenvalue weighted by Gasteiger charge is 2.20. The van der Waals surface area contributed by atoms with E-state index in [1.807, 2.05) is 43.4 Å². The molecule has 1 atom stereocenters. The number of nitrogens with one attached hydrogen (secondary N) is 1. The van der Waals surface area contributed by atoms with E-state index >= 15 is 0 Å². The van der Waals surface area contributed by atoms with E-state index in [0.29, 0.717) is 11.4 Å². The van der Waals surface area contributed by atoms with Crippen molar-refractivity contribution in [3.05, 3.63) is 52.2 Å². The number of benzene rings is 1. The number of thiophene rings is 1. The molecule has 1 unspecified atom stereocenters. The lowest BCUT2D eigenvalue weighted by Crippen LogP contribution is -2.34. The number of hydrogen-bond donors (Lipinski definition) is 1. The fourth-order valence-corrected chi connectivity index (χ4v) is 3.97. The standard InChI is InChI=1S/C15H20N2O2S2/c1-12-6-8-13(9-7-12)21(18,19)16-11-14(17(2)3)15-5-4-10-20-15/h4-10,14,16H,11H2,1-3H3. The number of hydrogen-bond acceptors (Lipinski definition) is 4. The molecule has 0 saturated carbocycles. The Kier molecular flexibility index (Phi) is 5.16. The van der Waals surface area contributed by atoms with Gasteiger partial charge in [0.25, 0.3) is 0 Å². The number of rotatable bonds is 6. The molecule has 0 fully saturated rings. The van der Waals surface area contributed by atoms with Gasteiger partial charge in [0.05, 0.1) is 10.9 Å². The third-order valence-corrected chi connectivity index (χ3v) is 5.71. The summed E-state index contributed by atoms with van der Waals surface area (Å²) in [5.74, 6) is 0. The van der Waals surface area contributed by atoms with Crippen LogP contribution in [0.3, 0.4) is 0 Å². The van der Waals surface area contributed by atoms with E-state index in [1.54, 1.807) is 35.6 Å². The summed E-state index contributed by atoms with van der Waals surface area (Å²) in [6.45, 7) is 2.28. The molecule has 1 aromatic heterocycles. The van der Waals surface area contributed by atoms with Gasteiger partial charge >= 0.3 is 0 Å². The van der Waals surface area contributed by atoms with Crippen molar-refractivity contribution in [3.63, 3.8) is 0 Å². The molecule has 0 saturated heterocycles. The molecule has 0 radical (unpaired) electrons. The van der Waals surface area contributed by atoms with Crippen LogP contribution in [0, 0.1) is 6.92 Å². The van der Waals surface area contributed by atoms with Crippen LogP contribution in [0.1, 0.15) is 16.5 Å². The highest BCUT2D eigenvalue weighted by Crippen LogP contribution is 2.23. The van der Waals surface area contributed by atoms with Gasteiger partial charge in [0.15, 0.2) is 0 Å². The molecular formula is C15H20N2O2S2. The zero-order valence-electron chi connectivity index (χ0n) is 12.4. The Balaban J connectivity index is 2.11. The maximum absolute atomic E-state index is 12.3. The normalized spacial score (nSPS) is 13.5. The van der Waals surface area contributed by atoms with Gasteiger partial charge in [-0.05, 0) is 44.6 Å². The molecule has 0 amide bonds. The predicted octanol–water partition coefficient (Wildman–Crippen LogP) is 2.64. The average molecular weight is 324 g/mol. The summed E-state index contributed by atoms with van der Waals surface area (Å²) >= 11 is 1.63. The van der Waals surface area contributed by atoms with Gasteiger partial charge in [-0.3, -0.25) is 0 Å². The van der Waals surface area contributed by atoms with Gasteiger partial charge in [0.1, 0.15) is 0 Å². The summed E-state index contributed by atoms with van der Waals surface area (Å²) in [7, 11) is 0.429. The monoisotopic (exact) mass is 324 g/mol. The quantitative estimate of drug-likeness (QED) is 0.889. The number of aryl methyl sites for hydroxylation is 1. The van der Waals surface area contributed by atoms with Gasteiger partial charge in [-0.15, -0.1) is 11.3 Å². The summed E-state index contributed by atoms with van der Waals surface area (Å²) in [6.07, 6.45) is 0. The van der Waals surface area contributed by atoms with Gasteiger partial charge < -0.3 is 4.90 Å². The van der Waals surface area contributed by atoms with Gasteiger partial charge in [0, 0.05) is 11.4 Å². The fourth-order valence-electron chi connectivity index (χ4n) is 2.01. The summed E-state index contributed by atoms with van der Waals surface area (Å²) in [6, 6.07) is 10.9. The number of sulfonamides is 1. The van der Waals surface area contributed by atoms with E-state index in [9.17, 15) is 8.42 Å². The Morgan fingerprint density at radius 3 is 2.38 bits per heavy atom. The minimum Gasteiger partial charge on any atom is -0.300 e. The van der Waals surface area contributed by atoms with Gasteiger partial charge in [-0.2, -0.15) is 0 Å². The molecule has 21 heavy (non-hydrogen) atoms. The molecule has 0 bridgehead atoms. The topological polar surface area (TPSA) is 49.4 Å². The van der Waals surface area contributed by atoms with E-state index in [0.717, 1.165) is 10.4 Å². The van der Waals surface area contributed by atoms with Gasteiger partial charge in [-0.1, -0.05) is 23.8 Å². The number of likely N-dealkylation sites (N-methyl/N-ethyl adjacent to an activating group) is 1. The lowest BCUT2D eigenvalue weighted by Gasteiger charge is -2.23. The highest BCUT2D eigenvalue weighted by molar-refractivity contribution is 7.89. The van der Waals surface area contributed by atoms with Crippen LogP contribution in [-0.4, -0.2) is 34.0 Å². The number of nitrogens with zero attached hydrogens (tertiary/aromatic N) is 1. The maximum atomic E-state index is 12.3. The molecule has 2 rings (SSSR count). The van der Waals surface area contributed by atoms with E-state index in [-0.39, 0.29) is 6.04 Å². The van der Waals surface area contributed by atoms with Crippen molar-refractivity contribution in [1.82, 2.24) is 9.62 Å². The predicted molar refractivity (Wildman–Crippen MR) is 87.1 cm³/mol. The summed E-state index contributed by atoms with van der Waals surface area (Å²) in [4.78, 5) is 3.46. The van der Waals surface area contributed by atoms with Crippen LogP contribution in [0.15, 0.2) is 46.7 Å². The first-order valence-corrected chi connectivity index (χ1v) is 9.02. The van der Waals surface area contributed by atoms with Crippen molar-refractivity contribution >= 4 is 21.4 Å². The molecule has 1 aromatic carbocycles. The van der Waals surface area contributed by atoms with Crippen molar-refractivity contribution in [2.24, 2.45) is 0 Å². The van der Waals surface area contributed by atoms with Crippen molar-refractivity contribution in [3.8, 4) is 0 Å². The minimum atomic E-state index is -3.47. The Morgan fingerprint density at radius 2 is 1.86 bits per heavy atom. The molecular weight excluding hydrogens is 304 g/mol. The highest BCUT2D eigenvalue weighted by atomic mass is 32.2. The van der Waals surface area contributed by atoms with E-state index in [2.05, 4.69) is 4.72 Å². The molecule has 0 aliphatic heterocycles. The molecule has 0 aliphatic carbocycles. The van der Waals surface area contributed by atoms with Gasteiger partial charge in [-0.25, -0.2) is 13.1 Å². The van der Waals surface area contributed by atoms with Crippen LogP contribution in [0.25, 0.3) is 0 Å². The third kappa shape index (κ3) is 4.14. The van der Waals surface area contributed by atoms with Gasteiger partial charge in [0.2, 0.25) is 10.0 Å². The summed E-state index contributed by atoms with van der Waals surface area (Å²) in [5, 5.41) is 2.00. The molecule has 114 valence electrons. The molecule has 2 aromatic rings. The zero-order chi connectivity index (χ0) is 15.5. The van der Waals surface area contributed by atoms with E-state index in [1.165, 1.54) is 0 Å². The van der Waals surface area contributed by atoms with Crippen LogP contribution < -0.4 is 4.72 Å². The van der Waals surface area contributed by atoms with E-state index in [4.69, 9.17) is 0 Å². The summed E-state index contributed by atoms with van der Waals surface area (Å²) in [5.41, 5.74) is 1.04. The molecule has 1 heterocycles. The van der Waals surface area contributed by atoms with Crippen molar-refractivity contribution in [2.45, 2.75) is 17.9 Å². The van der Waals surface area contributed by atoms with Crippen molar-refractivity contribution in [1.29, 1.82) is 0 Å². The van der Waals surface area contributed by atoms with Crippen LogP contribution in [0.5, 0.6) is 0 Å². The lowest BCUT2D eigenvalue weighted by atomic mass is 10.2. The van der Waals surface area contributed by atoms with Crippen LogP contribution >= 0.6 is 11.3 Å². The first-order valence-electron chi connectivity index (χ1n) is 6.66. The Hall–Kier alpha value is -1.21. The second-order valence-corrected chi connectivity index (χ2v) is 7.91. The molecule has 0 aliphatic rings.